The van der Waals surface area contributed by atoms with Crippen LogP contribution in [0.1, 0.15) is 110 Å². The number of aromatic nitrogens is 2. The van der Waals surface area contributed by atoms with Crippen LogP contribution in [0.15, 0.2) is 18.3 Å². The van der Waals surface area contributed by atoms with E-state index in [1.54, 1.807) is 6.07 Å². The second-order valence-corrected chi connectivity index (χ2v) is 11.8. The van der Waals surface area contributed by atoms with Crippen molar-refractivity contribution in [3.8, 4) is 17.2 Å². The third-order valence-electron chi connectivity index (χ3n) is 7.39. The largest absolute Gasteiger partial charge is 0.389 e. The first kappa shape index (κ1) is 36.9. The SMILES string of the molecule is CC.CC.CCC.CCCC.Cc1c(-c2c(F)ccc3sc(N)c(C#N)c23)c2c(c3cnc(N4CCC(C)C4)nc13)COC2. The van der Waals surface area contributed by atoms with E-state index in [4.69, 9.17) is 15.5 Å². The zero-order valence-electron chi connectivity index (χ0n) is 28.5. The molecule has 1 atom stereocenters. The number of unbranched alkanes of at least 4 members (excludes halogenated alkanes) is 1. The Morgan fingerprint density at radius 2 is 1.70 bits per heavy atom. The number of ether oxygens (including phenoxy) is 1. The van der Waals surface area contributed by atoms with Crippen molar-refractivity contribution in [1.82, 2.24) is 9.97 Å². The predicted octanol–water partition coefficient (Wildman–Crippen LogP) is 10.6. The van der Waals surface area contributed by atoms with E-state index >= 15 is 4.39 Å². The molecule has 1 unspecified atom stereocenters. The van der Waals surface area contributed by atoms with Crippen molar-refractivity contribution in [2.75, 3.05) is 23.7 Å². The minimum absolute atomic E-state index is 0.325. The normalized spacial score (nSPS) is 14.7. The van der Waals surface area contributed by atoms with E-state index < -0.39 is 0 Å². The average Bonchev–Trinajstić information content (AvgIpc) is 3.79. The van der Waals surface area contributed by atoms with Gasteiger partial charge in [-0.05, 0) is 53.6 Å². The number of nitrogens with zero attached hydrogens (tertiary/aromatic N) is 4. The lowest BCUT2D eigenvalue weighted by Crippen LogP contribution is -2.21. The maximum atomic E-state index is 15.5. The summed E-state index contributed by atoms with van der Waals surface area (Å²) >= 11 is 1.31. The standard InChI is InChI=1S/C25H22FN5OS.C4H10.C3H8.2C2H6/c1-12-5-6-31(9-12)25-29-8-15-16-10-32-11-17(16)20(13(2)23(15)30-25)22-18(26)3-4-19-21(22)14(7-27)24(28)33-19;1-3-4-2;1-3-2;2*1-2/h3-4,8,12H,5-6,9-11,28H2,1-2H3;3-4H2,1-2H3;3H2,1-2H3;2*1-2H3. The van der Waals surface area contributed by atoms with Crippen LogP contribution in [0.2, 0.25) is 0 Å². The number of nitrogen functional groups attached to an aromatic ring is 1. The second-order valence-electron chi connectivity index (χ2n) is 10.7. The van der Waals surface area contributed by atoms with E-state index in [0.717, 1.165) is 57.4 Å². The summed E-state index contributed by atoms with van der Waals surface area (Å²) in [6, 6.07) is 5.33. The van der Waals surface area contributed by atoms with E-state index in [0.29, 0.717) is 46.6 Å². The van der Waals surface area contributed by atoms with Crippen LogP contribution in [0.25, 0.3) is 32.1 Å². The van der Waals surface area contributed by atoms with Crippen molar-refractivity contribution in [1.29, 1.82) is 5.26 Å². The Labute approximate surface area is 268 Å². The molecule has 0 saturated carbocycles. The number of nitriles is 1. The molecular formula is C36H52FN5OS. The maximum absolute atomic E-state index is 15.5. The first-order chi connectivity index (χ1) is 21.3. The van der Waals surface area contributed by atoms with Crippen molar-refractivity contribution < 1.29 is 9.13 Å². The molecular weight excluding hydrogens is 569 g/mol. The summed E-state index contributed by atoms with van der Waals surface area (Å²) in [5.74, 6) is 0.932. The molecule has 2 N–H and O–H groups in total. The molecule has 240 valence electrons. The highest BCUT2D eigenvalue weighted by atomic mass is 32.1. The molecule has 4 heterocycles. The number of halogens is 1. The van der Waals surface area contributed by atoms with Gasteiger partial charge in [-0.2, -0.15) is 5.26 Å². The summed E-state index contributed by atoms with van der Waals surface area (Å²) in [6.07, 6.45) is 6.89. The Bertz CT molecular complexity index is 1560. The molecule has 44 heavy (non-hydrogen) atoms. The molecule has 0 spiro atoms. The number of aryl methyl sites for hydroxylation is 1. The number of benzene rings is 2. The molecule has 0 amide bonds. The van der Waals surface area contributed by atoms with Gasteiger partial charge in [0.25, 0.3) is 0 Å². The first-order valence-electron chi connectivity index (χ1n) is 16.4. The number of rotatable bonds is 3. The molecule has 6 rings (SSSR count). The van der Waals surface area contributed by atoms with Gasteiger partial charge < -0.3 is 15.4 Å². The van der Waals surface area contributed by atoms with Gasteiger partial charge in [0, 0.05) is 40.3 Å². The molecule has 2 aliphatic rings. The van der Waals surface area contributed by atoms with Gasteiger partial charge in [0.05, 0.1) is 24.3 Å². The van der Waals surface area contributed by atoms with Gasteiger partial charge in [-0.15, -0.1) is 11.3 Å². The lowest BCUT2D eigenvalue weighted by molar-refractivity contribution is 0.135. The van der Waals surface area contributed by atoms with Crippen LogP contribution >= 0.6 is 11.3 Å². The average molecular weight is 622 g/mol. The summed E-state index contributed by atoms with van der Waals surface area (Å²) in [7, 11) is 0. The fourth-order valence-corrected chi connectivity index (χ4v) is 6.19. The molecule has 4 aromatic rings. The zero-order chi connectivity index (χ0) is 33.0. The number of hydrogen-bond donors (Lipinski definition) is 1. The summed E-state index contributed by atoms with van der Waals surface area (Å²) in [4.78, 5) is 11.8. The minimum Gasteiger partial charge on any atom is -0.389 e. The second kappa shape index (κ2) is 17.9. The molecule has 8 heteroatoms. The summed E-state index contributed by atoms with van der Waals surface area (Å²) in [6.45, 7) is 23.5. The highest BCUT2D eigenvalue weighted by Gasteiger charge is 2.29. The van der Waals surface area contributed by atoms with Crippen molar-refractivity contribution in [2.45, 2.75) is 108 Å². The van der Waals surface area contributed by atoms with Crippen LogP contribution < -0.4 is 10.6 Å². The monoisotopic (exact) mass is 621 g/mol. The van der Waals surface area contributed by atoms with E-state index in [1.807, 2.05) is 40.8 Å². The van der Waals surface area contributed by atoms with Crippen molar-refractivity contribution >= 4 is 43.3 Å². The number of anilines is 2. The summed E-state index contributed by atoms with van der Waals surface area (Å²) in [5, 5.41) is 11.7. The quantitative estimate of drug-likeness (QED) is 0.245. The van der Waals surface area contributed by atoms with Crippen molar-refractivity contribution in [2.24, 2.45) is 5.92 Å². The van der Waals surface area contributed by atoms with Gasteiger partial charge in [0.2, 0.25) is 5.95 Å². The van der Waals surface area contributed by atoms with Gasteiger partial charge in [0.15, 0.2) is 0 Å². The minimum atomic E-state index is -0.379. The van der Waals surface area contributed by atoms with Gasteiger partial charge in [-0.3, -0.25) is 0 Å². The lowest BCUT2D eigenvalue weighted by Gasteiger charge is -2.20. The Balaban J connectivity index is 0.000000544. The Morgan fingerprint density at radius 3 is 2.27 bits per heavy atom. The molecule has 0 aliphatic carbocycles. The fraction of sp³-hybridized carbons (Fsp3) is 0.528. The van der Waals surface area contributed by atoms with Gasteiger partial charge >= 0.3 is 0 Å². The molecule has 2 aliphatic heterocycles. The summed E-state index contributed by atoms with van der Waals surface area (Å²) in [5.41, 5.74) is 11.2. The molecule has 1 saturated heterocycles. The highest BCUT2D eigenvalue weighted by molar-refractivity contribution is 7.23. The smallest absolute Gasteiger partial charge is 0.225 e. The highest BCUT2D eigenvalue weighted by Crippen LogP contribution is 2.46. The van der Waals surface area contributed by atoms with Gasteiger partial charge in [-0.1, -0.05) is 81.6 Å². The Hall–Kier alpha value is -3.28. The van der Waals surface area contributed by atoms with E-state index in [2.05, 4.69) is 50.6 Å². The lowest BCUT2D eigenvalue weighted by atomic mass is 9.87. The molecule has 6 nitrogen and oxygen atoms in total. The van der Waals surface area contributed by atoms with E-state index in [-0.39, 0.29) is 5.82 Å². The number of fused-ring (bicyclic) bond motifs is 4. The van der Waals surface area contributed by atoms with Crippen LogP contribution in [0.4, 0.5) is 15.3 Å². The van der Waals surface area contributed by atoms with Crippen LogP contribution in [0.3, 0.4) is 0 Å². The van der Waals surface area contributed by atoms with Gasteiger partial charge in [-0.25, -0.2) is 14.4 Å². The number of thiophene rings is 1. The molecule has 2 aromatic carbocycles. The topological polar surface area (TPSA) is 88.1 Å². The van der Waals surface area contributed by atoms with Crippen LogP contribution in [0, 0.1) is 30.0 Å². The number of hydrogen-bond acceptors (Lipinski definition) is 7. The third-order valence-corrected chi connectivity index (χ3v) is 8.38. The zero-order valence-corrected chi connectivity index (χ0v) is 29.3. The third kappa shape index (κ3) is 7.68. The van der Waals surface area contributed by atoms with Crippen LogP contribution in [0.5, 0.6) is 0 Å². The molecule has 0 bridgehead atoms. The predicted molar refractivity (Wildman–Crippen MR) is 188 cm³/mol. The Kier molecular flexibility index (Phi) is 15.0. The molecule has 0 radical (unpaired) electrons. The maximum Gasteiger partial charge on any atom is 0.225 e. The summed E-state index contributed by atoms with van der Waals surface area (Å²) < 4.78 is 22.1. The number of nitrogens with two attached hydrogens (primary N) is 1. The molecule has 1 fully saturated rings. The van der Waals surface area contributed by atoms with Gasteiger partial charge in [0.1, 0.15) is 16.9 Å². The Morgan fingerprint density at radius 1 is 1.07 bits per heavy atom. The van der Waals surface area contributed by atoms with E-state index in [9.17, 15) is 5.26 Å². The fourth-order valence-electron chi connectivity index (χ4n) is 5.26. The first-order valence-corrected chi connectivity index (χ1v) is 17.2. The molecule has 2 aromatic heterocycles. The van der Waals surface area contributed by atoms with E-state index in [1.165, 1.54) is 36.7 Å². The van der Waals surface area contributed by atoms with Crippen molar-refractivity contribution in [3.05, 3.63) is 46.4 Å². The van der Waals surface area contributed by atoms with Crippen molar-refractivity contribution in [3.63, 3.8) is 0 Å². The van der Waals surface area contributed by atoms with Crippen LogP contribution in [-0.2, 0) is 18.0 Å². The van der Waals surface area contributed by atoms with Crippen LogP contribution in [-0.4, -0.2) is 23.1 Å².